The van der Waals surface area contributed by atoms with Gasteiger partial charge in [0.05, 0.1) is 11.8 Å². The Labute approximate surface area is 247 Å². The van der Waals surface area contributed by atoms with Crippen LogP contribution < -0.4 is 21.7 Å². The standard InChI is InChI=1S/C32H38N4O5S/c1-5-21-16-20(14-15-23(21)24-11-7-8-12-25(24)30(33)38)19-36-26-13-9-6-10-22(26)17-27(42(4,40)41)29(31(36)39)35-28(37)18-32(2,3)34/h6-16,27,29H,5,17-19,34H2,1-4H3,(H2,33,38)(H,35,37). The summed E-state index contributed by atoms with van der Waals surface area (Å²) < 4.78 is 26.0. The van der Waals surface area contributed by atoms with Gasteiger partial charge in [-0.15, -0.1) is 0 Å². The van der Waals surface area contributed by atoms with Crippen molar-refractivity contribution in [2.75, 3.05) is 11.2 Å². The number of benzene rings is 3. The van der Waals surface area contributed by atoms with Crippen LogP contribution in [0.4, 0.5) is 5.69 Å². The maximum atomic E-state index is 14.2. The van der Waals surface area contributed by atoms with Gasteiger partial charge in [0.25, 0.3) is 5.91 Å². The summed E-state index contributed by atoms with van der Waals surface area (Å²) >= 11 is 0. The molecule has 0 saturated carbocycles. The lowest BCUT2D eigenvalue weighted by Gasteiger charge is -2.29. The van der Waals surface area contributed by atoms with Crippen LogP contribution in [0.3, 0.4) is 0 Å². The van der Waals surface area contributed by atoms with E-state index >= 15 is 0 Å². The highest BCUT2D eigenvalue weighted by Crippen LogP contribution is 2.33. The molecule has 3 aromatic carbocycles. The fourth-order valence-corrected chi connectivity index (χ4v) is 6.66. The minimum Gasteiger partial charge on any atom is -0.366 e. The molecule has 222 valence electrons. The Morgan fingerprint density at radius 1 is 1.02 bits per heavy atom. The third-order valence-corrected chi connectivity index (χ3v) is 9.00. The van der Waals surface area contributed by atoms with Crippen LogP contribution in [0.5, 0.6) is 0 Å². The van der Waals surface area contributed by atoms with Gasteiger partial charge in [-0.1, -0.05) is 61.5 Å². The fourth-order valence-electron chi connectivity index (χ4n) is 5.50. The molecular formula is C32H38N4O5S. The summed E-state index contributed by atoms with van der Waals surface area (Å²) in [5.74, 6) is -1.53. The molecule has 0 spiro atoms. The van der Waals surface area contributed by atoms with Gasteiger partial charge in [-0.3, -0.25) is 14.4 Å². The van der Waals surface area contributed by atoms with E-state index < -0.39 is 44.4 Å². The van der Waals surface area contributed by atoms with Crippen LogP contribution in [-0.2, 0) is 38.8 Å². The van der Waals surface area contributed by atoms with Crippen LogP contribution in [-0.4, -0.2) is 49.2 Å². The Hall–Kier alpha value is -4.02. The number of para-hydroxylation sites is 1. The van der Waals surface area contributed by atoms with Crippen molar-refractivity contribution in [3.8, 4) is 11.1 Å². The summed E-state index contributed by atoms with van der Waals surface area (Å²) in [6.07, 6.45) is 1.74. The van der Waals surface area contributed by atoms with E-state index in [0.717, 1.165) is 28.5 Å². The second-order valence-corrected chi connectivity index (χ2v) is 13.9. The zero-order valence-electron chi connectivity index (χ0n) is 24.4. The normalized spacial score (nSPS) is 17.4. The smallest absolute Gasteiger partial charge is 0.251 e. The molecule has 1 aliphatic heterocycles. The van der Waals surface area contributed by atoms with Gasteiger partial charge in [0.15, 0.2) is 9.84 Å². The van der Waals surface area contributed by atoms with Crippen LogP contribution in [0, 0.1) is 0 Å². The second kappa shape index (κ2) is 12.1. The quantitative estimate of drug-likeness (QED) is 0.348. The van der Waals surface area contributed by atoms with Crippen molar-refractivity contribution in [2.45, 2.75) is 63.4 Å². The maximum Gasteiger partial charge on any atom is 0.251 e. The zero-order valence-corrected chi connectivity index (χ0v) is 25.2. The van der Waals surface area contributed by atoms with E-state index in [9.17, 15) is 22.8 Å². The fraction of sp³-hybridized carbons (Fsp3) is 0.344. The van der Waals surface area contributed by atoms with Crippen molar-refractivity contribution in [1.82, 2.24) is 5.32 Å². The molecule has 0 bridgehead atoms. The molecule has 10 heteroatoms. The first kappa shape index (κ1) is 30.9. The van der Waals surface area contributed by atoms with E-state index in [1.807, 2.05) is 43.3 Å². The summed E-state index contributed by atoms with van der Waals surface area (Å²) in [6, 6.07) is 18.8. The Balaban J connectivity index is 1.77. The van der Waals surface area contributed by atoms with Crippen molar-refractivity contribution >= 4 is 33.2 Å². The van der Waals surface area contributed by atoms with Gasteiger partial charge in [0.2, 0.25) is 11.8 Å². The van der Waals surface area contributed by atoms with E-state index in [1.165, 1.54) is 0 Å². The lowest BCUT2D eigenvalue weighted by molar-refractivity contribution is -0.128. The molecule has 9 nitrogen and oxygen atoms in total. The number of primary amides is 1. The summed E-state index contributed by atoms with van der Waals surface area (Å²) in [5, 5.41) is 1.56. The van der Waals surface area contributed by atoms with Crippen LogP contribution >= 0.6 is 0 Å². The van der Waals surface area contributed by atoms with Crippen molar-refractivity contribution < 1.29 is 22.8 Å². The van der Waals surface area contributed by atoms with Gasteiger partial charge >= 0.3 is 0 Å². The molecule has 0 aromatic heterocycles. The third-order valence-electron chi connectivity index (χ3n) is 7.46. The zero-order chi connectivity index (χ0) is 30.8. The monoisotopic (exact) mass is 590 g/mol. The number of anilines is 1. The third kappa shape index (κ3) is 6.88. The highest BCUT2D eigenvalue weighted by molar-refractivity contribution is 7.91. The second-order valence-electron chi connectivity index (χ2n) is 11.6. The molecule has 0 fully saturated rings. The minimum absolute atomic E-state index is 0.0667. The molecule has 2 atom stereocenters. The molecule has 4 rings (SSSR count). The number of sulfone groups is 1. The van der Waals surface area contributed by atoms with Crippen LogP contribution in [0.1, 0.15) is 54.2 Å². The van der Waals surface area contributed by atoms with Gasteiger partial charge in [-0.2, -0.15) is 0 Å². The highest BCUT2D eigenvalue weighted by atomic mass is 32.2. The Morgan fingerprint density at radius 2 is 1.69 bits per heavy atom. The van der Waals surface area contributed by atoms with E-state index in [4.69, 9.17) is 11.5 Å². The number of carbonyl (C=O) groups excluding carboxylic acids is 3. The molecule has 0 radical (unpaired) electrons. The number of rotatable bonds is 9. The molecule has 1 heterocycles. The number of aryl methyl sites for hydroxylation is 1. The number of amides is 3. The van der Waals surface area contributed by atoms with Crippen molar-refractivity contribution in [3.05, 3.63) is 89.0 Å². The molecule has 0 saturated heterocycles. The maximum absolute atomic E-state index is 14.2. The summed E-state index contributed by atoms with van der Waals surface area (Å²) in [4.78, 5) is 40.8. The minimum atomic E-state index is -3.75. The number of fused-ring (bicyclic) bond motifs is 1. The first-order chi connectivity index (χ1) is 19.7. The predicted octanol–water partition coefficient (Wildman–Crippen LogP) is 3.13. The van der Waals surface area contributed by atoms with Gasteiger partial charge < -0.3 is 21.7 Å². The molecule has 3 aromatic rings. The average molecular weight is 591 g/mol. The number of hydrogen-bond donors (Lipinski definition) is 3. The van der Waals surface area contributed by atoms with Crippen molar-refractivity contribution in [1.29, 1.82) is 0 Å². The van der Waals surface area contributed by atoms with E-state index in [1.54, 1.807) is 49.1 Å². The van der Waals surface area contributed by atoms with Gasteiger partial charge in [-0.05, 0) is 66.6 Å². The first-order valence-electron chi connectivity index (χ1n) is 13.9. The summed E-state index contributed by atoms with van der Waals surface area (Å²) in [5.41, 5.74) is 15.9. The number of carbonyl (C=O) groups is 3. The highest BCUT2D eigenvalue weighted by Gasteiger charge is 2.43. The van der Waals surface area contributed by atoms with Gasteiger partial charge in [-0.25, -0.2) is 8.42 Å². The van der Waals surface area contributed by atoms with Crippen molar-refractivity contribution in [2.24, 2.45) is 11.5 Å². The molecule has 1 aliphatic rings. The summed E-state index contributed by atoms with van der Waals surface area (Å²) in [7, 11) is -3.75. The Kier molecular flexibility index (Phi) is 8.89. The number of nitrogens with zero attached hydrogens (tertiary/aromatic N) is 1. The lowest BCUT2D eigenvalue weighted by atomic mass is 9.92. The van der Waals surface area contributed by atoms with Gasteiger partial charge in [0.1, 0.15) is 6.04 Å². The average Bonchev–Trinajstić information content (AvgIpc) is 3.02. The lowest BCUT2D eigenvalue weighted by Crippen LogP contribution is -2.56. The molecular weight excluding hydrogens is 552 g/mol. The Bertz CT molecular complexity index is 1630. The largest absolute Gasteiger partial charge is 0.366 e. The molecule has 3 amide bonds. The molecule has 2 unspecified atom stereocenters. The van der Waals surface area contributed by atoms with Crippen LogP contribution in [0.2, 0.25) is 0 Å². The molecule has 42 heavy (non-hydrogen) atoms. The molecule has 0 aliphatic carbocycles. The molecule has 5 N–H and O–H groups in total. The Morgan fingerprint density at radius 3 is 2.33 bits per heavy atom. The number of hydrogen-bond acceptors (Lipinski definition) is 6. The predicted molar refractivity (Wildman–Crippen MR) is 165 cm³/mol. The van der Waals surface area contributed by atoms with E-state index in [2.05, 4.69) is 5.32 Å². The SMILES string of the molecule is CCc1cc(CN2C(=O)C(NC(=O)CC(C)(C)N)C(S(C)(=O)=O)Cc3ccccc32)ccc1-c1ccccc1C(N)=O. The van der Waals surface area contributed by atoms with E-state index in [-0.39, 0.29) is 19.4 Å². The topological polar surface area (TPSA) is 153 Å². The van der Waals surface area contributed by atoms with Crippen LogP contribution in [0.15, 0.2) is 66.7 Å². The van der Waals surface area contributed by atoms with Crippen molar-refractivity contribution in [3.63, 3.8) is 0 Å². The summed E-state index contributed by atoms with van der Waals surface area (Å²) in [6.45, 7) is 5.53. The van der Waals surface area contributed by atoms with Crippen LogP contribution in [0.25, 0.3) is 11.1 Å². The number of nitrogens with one attached hydrogen (secondary N) is 1. The van der Waals surface area contributed by atoms with Gasteiger partial charge in [0, 0.05) is 29.5 Å². The first-order valence-corrected chi connectivity index (χ1v) is 15.8. The number of nitrogens with two attached hydrogens (primary N) is 2. The van der Waals surface area contributed by atoms with E-state index in [0.29, 0.717) is 23.2 Å².